The molecule has 0 heterocycles. The van der Waals surface area contributed by atoms with Gasteiger partial charge in [-0.3, -0.25) is 0 Å². The molecule has 1 aliphatic rings. The molecule has 0 amide bonds. The van der Waals surface area contributed by atoms with Gasteiger partial charge < -0.3 is 0 Å². The van der Waals surface area contributed by atoms with E-state index in [0.717, 1.165) is 6.42 Å². The molecule has 3 atom stereocenters. The van der Waals surface area contributed by atoms with Gasteiger partial charge in [-0.1, -0.05) is 109 Å². The molecule has 0 aromatic heterocycles. The first-order valence-corrected chi connectivity index (χ1v) is 10.5. The van der Waals surface area contributed by atoms with Gasteiger partial charge in [-0.2, -0.15) is 23.6 Å². The Balaban J connectivity index is 0.00000218. The summed E-state index contributed by atoms with van der Waals surface area (Å²) in [5.41, 5.74) is 5.66. The van der Waals surface area contributed by atoms with Crippen molar-refractivity contribution in [3.8, 4) is 0 Å². The molecule has 0 aliphatic heterocycles. The van der Waals surface area contributed by atoms with Crippen molar-refractivity contribution >= 4 is 0 Å². The van der Waals surface area contributed by atoms with E-state index in [0.29, 0.717) is 17.8 Å². The van der Waals surface area contributed by atoms with Crippen LogP contribution >= 0.6 is 0 Å². The molecule has 1 aliphatic carbocycles. The van der Waals surface area contributed by atoms with E-state index in [1.165, 1.54) is 22.3 Å². The summed E-state index contributed by atoms with van der Waals surface area (Å²) >= 11 is 0. The topological polar surface area (TPSA) is 0 Å². The summed E-state index contributed by atoms with van der Waals surface area (Å²) < 4.78 is 0. The van der Waals surface area contributed by atoms with E-state index in [1.807, 2.05) is 0 Å². The molecule has 1 fully saturated rings. The van der Waals surface area contributed by atoms with Gasteiger partial charge in [-0.15, -0.1) is 12.1 Å². The van der Waals surface area contributed by atoms with Crippen molar-refractivity contribution in [2.24, 2.45) is 0 Å². The molecule has 142 valence electrons. The number of hydrogen-bond acceptors (Lipinski definition) is 0. The molecule has 4 aromatic carbocycles. The molecule has 0 radical (unpaired) electrons. The fraction of sp³-hybridized carbons (Fsp3) is 0.138. The summed E-state index contributed by atoms with van der Waals surface area (Å²) in [4.78, 5) is 0. The van der Waals surface area contributed by atoms with Crippen LogP contribution in [0.2, 0.25) is 0 Å². The molecule has 0 nitrogen and oxygen atoms in total. The molecule has 0 spiro atoms. The third kappa shape index (κ3) is 3.99. The summed E-state index contributed by atoms with van der Waals surface area (Å²) in [7, 11) is 0. The average molecular weight is 380 g/mol. The molecule has 0 saturated heterocycles. The molecular weight excluding hydrogens is 355 g/mol. The summed E-state index contributed by atoms with van der Waals surface area (Å²) in [6, 6.07) is 44.2. The quantitative estimate of drug-likeness (QED) is 0.364. The van der Waals surface area contributed by atoms with Gasteiger partial charge in [-0.25, -0.2) is 0 Å². The molecule has 4 aromatic rings. The Bertz CT molecular complexity index is 942. The van der Waals surface area contributed by atoms with E-state index >= 15 is 0 Å². The minimum atomic E-state index is 0. The Morgan fingerprint density at radius 3 is 1.47 bits per heavy atom. The van der Waals surface area contributed by atoms with Gasteiger partial charge in [0.25, 0.3) is 0 Å². The third-order valence-corrected chi connectivity index (χ3v) is 6.32. The zero-order chi connectivity index (χ0) is 19.5. The first-order valence-electron chi connectivity index (χ1n) is 10.5. The molecule has 0 bridgehead atoms. The molecule has 5 rings (SSSR count). The Labute approximate surface area is 192 Å². The van der Waals surface area contributed by atoms with Gasteiger partial charge >= 0.3 is 18.9 Å². The largest absolute Gasteiger partial charge is 1.00 e. The van der Waals surface area contributed by atoms with Crippen molar-refractivity contribution in [3.05, 3.63) is 149 Å². The monoisotopic (exact) mass is 380 g/mol. The standard InChI is InChI=1S/C29H25.Li/c1-5-13-22(14-6-1)26-21-27(23-15-7-2-8-16-23)29(25-19-11-4-12-20-25)28(26)24-17-9-3-10-18-24;/h1-20,26,28-29H,21H2;/q-1;+1. The molecule has 1 heteroatoms. The second-order valence-corrected chi connectivity index (χ2v) is 7.94. The maximum absolute atomic E-state index is 2.31. The van der Waals surface area contributed by atoms with Crippen LogP contribution in [0.15, 0.2) is 121 Å². The van der Waals surface area contributed by atoms with Crippen LogP contribution < -0.4 is 18.9 Å². The first kappa shape index (κ1) is 20.6. The molecule has 3 unspecified atom stereocenters. The van der Waals surface area contributed by atoms with Crippen LogP contribution in [0.5, 0.6) is 0 Å². The zero-order valence-electron chi connectivity index (χ0n) is 17.5. The normalized spacial score (nSPS) is 20.5. The summed E-state index contributed by atoms with van der Waals surface area (Å²) in [5.74, 6) is 2.83. The molecule has 30 heavy (non-hydrogen) atoms. The number of benzene rings is 4. The van der Waals surface area contributed by atoms with E-state index < -0.39 is 0 Å². The summed E-state index contributed by atoms with van der Waals surface area (Å²) in [6.45, 7) is 0. The fourth-order valence-corrected chi connectivity index (χ4v) is 5.08. The first-order chi connectivity index (χ1) is 14.4. The van der Waals surface area contributed by atoms with Crippen LogP contribution in [0.4, 0.5) is 0 Å². The Morgan fingerprint density at radius 2 is 0.933 bits per heavy atom. The van der Waals surface area contributed by atoms with E-state index in [4.69, 9.17) is 0 Å². The van der Waals surface area contributed by atoms with Crippen LogP contribution in [0.1, 0.15) is 46.4 Å². The number of rotatable bonds is 4. The van der Waals surface area contributed by atoms with Crippen molar-refractivity contribution in [3.63, 3.8) is 0 Å². The van der Waals surface area contributed by atoms with Crippen LogP contribution in [0, 0.1) is 5.92 Å². The van der Waals surface area contributed by atoms with Crippen LogP contribution in [-0.4, -0.2) is 0 Å². The maximum atomic E-state index is 2.31. The van der Waals surface area contributed by atoms with Gasteiger partial charge in [0, 0.05) is 0 Å². The minimum Gasteiger partial charge on any atom is -0.188 e. The van der Waals surface area contributed by atoms with Gasteiger partial charge in [0.05, 0.1) is 0 Å². The third-order valence-electron chi connectivity index (χ3n) is 6.32. The van der Waals surface area contributed by atoms with Crippen molar-refractivity contribution in [2.75, 3.05) is 0 Å². The predicted molar refractivity (Wildman–Crippen MR) is 121 cm³/mol. The zero-order valence-corrected chi connectivity index (χ0v) is 17.5. The second-order valence-electron chi connectivity index (χ2n) is 7.94. The van der Waals surface area contributed by atoms with Crippen LogP contribution in [0.3, 0.4) is 0 Å². The molecule has 0 N–H and O–H groups in total. The van der Waals surface area contributed by atoms with E-state index in [1.54, 1.807) is 5.92 Å². The van der Waals surface area contributed by atoms with Gasteiger partial charge in [0.2, 0.25) is 0 Å². The van der Waals surface area contributed by atoms with Crippen LogP contribution in [0.25, 0.3) is 0 Å². The van der Waals surface area contributed by atoms with E-state index in [2.05, 4.69) is 121 Å². The van der Waals surface area contributed by atoms with Crippen molar-refractivity contribution in [1.82, 2.24) is 0 Å². The fourth-order valence-electron chi connectivity index (χ4n) is 5.08. The van der Waals surface area contributed by atoms with Crippen molar-refractivity contribution in [2.45, 2.75) is 24.2 Å². The van der Waals surface area contributed by atoms with E-state index in [-0.39, 0.29) is 18.9 Å². The Morgan fingerprint density at radius 1 is 0.500 bits per heavy atom. The number of hydrogen-bond donors (Lipinski definition) is 0. The van der Waals surface area contributed by atoms with Crippen molar-refractivity contribution in [1.29, 1.82) is 0 Å². The average Bonchev–Trinajstić information content (AvgIpc) is 3.22. The van der Waals surface area contributed by atoms with E-state index in [9.17, 15) is 0 Å². The Hall–Kier alpha value is -2.65. The molecular formula is C29H25Li. The van der Waals surface area contributed by atoms with Crippen molar-refractivity contribution < 1.29 is 18.9 Å². The predicted octanol–water partition coefficient (Wildman–Crippen LogP) is 4.37. The van der Waals surface area contributed by atoms with Gasteiger partial charge in [-0.05, 0) is 28.9 Å². The van der Waals surface area contributed by atoms with Gasteiger partial charge in [0.15, 0.2) is 0 Å². The molecule has 1 saturated carbocycles. The van der Waals surface area contributed by atoms with Gasteiger partial charge in [0.1, 0.15) is 0 Å². The summed E-state index contributed by atoms with van der Waals surface area (Å²) in [5, 5.41) is 0. The Kier molecular flexibility index (Phi) is 6.49. The second kappa shape index (κ2) is 9.44. The summed E-state index contributed by atoms with van der Waals surface area (Å²) in [6.07, 6.45) is 1.09. The smallest absolute Gasteiger partial charge is 0.188 e. The minimum absolute atomic E-state index is 0. The van der Waals surface area contributed by atoms with Crippen LogP contribution in [-0.2, 0) is 0 Å². The SMILES string of the molecule is [Li+].c1ccc([C-]2CC(c3ccccc3)C(c3ccccc3)C2c2ccccc2)cc1. The maximum Gasteiger partial charge on any atom is 1.00 e.